The fourth-order valence-corrected chi connectivity index (χ4v) is 18.8. The molecule has 3 nitrogen and oxygen atoms in total. The second kappa shape index (κ2) is 18.1. The molecular weight excluding hydrogens is 1040 g/mol. The fraction of sp³-hybridized carbons (Fsp3) is 0.488. The lowest BCUT2D eigenvalue weighted by Gasteiger charge is -2.51. The average Bonchev–Trinajstić information content (AvgIpc) is 1.11. The van der Waals surface area contributed by atoms with E-state index in [2.05, 4.69) is 275 Å². The zero-order valence-electron chi connectivity index (χ0n) is 56.8. The van der Waals surface area contributed by atoms with E-state index in [4.69, 9.17) is 0 Å². The third-order valence-electron chi connectivity index (χ3n) is 24.3. The summed E-state index contributed by atoms with van der Waals surface area (Å²) in [6.45, 7) is 52.3. The number of fused-ring (bicyclic) bond motifs is 10. The standard InChI is InChI=1S/C82H100BN3/c1-50-39-56-59(77(12,13)37-35-75(56,8)9)46-67(50)85-69-47-60-57(76(10,11)36-38-78(60,14)15)44-63(69)83-64-45-58-61(80(18,19)49-79(58,16)17)48-68(64)84(65-31-29-52(73(2,3)4)40-55(65)51-27-23-22-24-28-51)70-42-54(43-71(85)72(70)83)86-66-32-30-53(74(5,6)7)41-62(66)81(20)33-25-26-34-82(81,86)21/h22-24,27-32,39-48H,25-26,33-38,49H2,1-21H3. The summed E-state index contributed by atoms with van der Waals surface area (Å²) in [6, 6.07) is 48.3. The van der Waals surface area contributed by atoms with E-state index < -0.39 is 0 Å². The molecule has 7 aromatic carbocycles. The summed E-state index contributed by atoms with van der Waals surface area (Å²) in [7, 11) is 0. The Morgan fingerprint density at radius 3 is 1.36 bits per heavy atom. The monoisotopic (exact) mass is 1140 g/mol. The molecule has 4 heteroatoms. The highest BCUT2D eigenvalue weighted by Gasteiger charge is 2.59. The van der Waals surface area contributed by atoms with E-state index in [1.165, 1.54) is 167 Å². The lowest BCUT2D eigenvalue weighted by atomic mass is 9.33. The number of nitrogens with zero attached hydrogens (tertiary/aromatic N) is 3. The van der Waals surface area contributed by atoms with Crippen LogP contribution >= 0.6 is 0 Å². The van der Waals surface area contributed by atoms with Gasteiger partial charge in [-0.2, -0.15) is 0 Å². The Hall–Kier alpha value is -6.00. The number of hydrogen-bond donors (Lipinski definition) is 0. The van der Waals surface area contributed by atoms with Gasteiger partial charge >= 0.3 is 0 Å². The van der Waals surface area contributed by atoms with E-state index >= 15 is 0 Å². The third kappa shape index (κ3) is 8.17. The quantitative estimate of drug-likeness (QED) is 0.163. The van der Waals surface area contributed by atoms with E-state index in [-0.39, 0.29) is 61.0 Å². The molecule has 7 aromatic rings. The zero-order chi connectivity index (χ0) is 61.4. The van der Waals surface area contributed by atoms with Crippen molar-refractivity contribution in [2.75, 3.05) is 14.7 Å². The van der Waals surface area contributed by atoms with E-state index in [0.717, 1.165) is 19.3 Å². The Kier molecular flexibility index (Phi) is 12.1. The Morgan fingerprint density at radius 2 is 0.826 bits per heavy atom. The smallest absolute Gasteiger partial charge is 0.252 e. The predicted molar refractivity (Wildman–Crippen MR) is 372 cm³/mol. The molecule has 0 aromatic heterocycles. The minimum atomic E-state index is -0.175. The van der Waals surface area contributed by atoms with Gasteiger partial charge in [0.1, 0.15) is 0 Å². The van der Waals surface area contributed by atoms with Gasteiger partial charge in [-0.15, -0.1) is 0 Å². The molecule has 4 aliphatic carbocycles. The number of hydrogen-bond acceptors (Lipinski definition) is 3. The van der Waals surface area contributed by atoms with E-state index in [1.807, 2.05) is 0 Å². The van der Waals surface area contributed by atoms with Crippen LogP contribution in [0.5, 0.6) is 0 Å². The van der Waals surface area contributed by atoms with Gasteiger partial charge < -0.3 is 14.7 Å². The summed E-state index contributed by atoms with van der Waals surface area (Å²) < 4.78 is 0. The van der Waals surface area contributed by atoms with Crippen LogP contribution in [0.4, 0.5) is 45.5 Å². The van der Waals surface area contributed by atoms with Crippen molar-refractivity contribution in [3.05, 3.63) is 171 Å². The molecule has 0 saturated heterocycles. The maximum Gasteiger partial charge on any atom is 0.252 e. The Labute approximate surface area is 519 Å². The summed E-state index contributed by atoms with van der Waals surface area (Å²) in [5.41, 5.74) is 32.0. The average molecular weight is 1140 g/mol. The van der Waals surface area contributed by atoms with Crippen LogP contribution in [0.25, 0.3) is 11.1 Å². The molecule has 0 radical (unpaired) electrons. The first kappa shape index (κ1) is 57.7. The molecule has 0 bridgehead atoms. The van der Waals surface area contributed by atoms with Crippen molar-refractivity contribution in [3.8, 4) is 11.1 Å². The normalized spacial score (nSPS) is 23.8. The number of rotatable bonds is 4. The van der Waals surface area contributed by atoms with Gasteiger partial charge in [-0.05, 0) is 228 Å². The van der Waals surface area contributed by atoms with Gasteiger partial charge in [0.25, 0.3) is 6.71 Å². The maximum atomic E-state index is 2.90. The van der Waals surface area contributed by atoms with Crippen LogP contribution in [0.15, 0.2) is 115 Å². The van der Waals surface area contributed by atoms with Crippen LogP contribution in [-0.4, -0.2) is 12.3 Å². The van der Waals surface area contributed by atoms with Gasteiger partial charge in [-0.25, -0.2) is 0 Å². The summed E-state index contributed by atoms with van der Waals surface area (Å²) >= 11 is 0. The van der Waals surface area contributed by atoms with Gasteiger partial charge in [0.15, 0.2) is 0 Å². The van der Waals surface area contributed by atoms with Crippen molar-refractivity contribution in [1.82, 2.24) is 0 Å². The van der Waals surface area contributed by atoms with Crippen LogP contribution in [0.1, 0.15) is 252 Å². The minimum absolute atomic E-state index is 0.000469. The fourth-order valence-electron chi connectivity index (χ4n) is 18.8. The Balaban J connectivity index is 1.18. The molecular formula is C82H100BN3. The minimum Gasteiger partial charge on any atom is -0.334 e. The predicted octanol–water partition coefficient (Wildman–Crippen LogP) is 20.7. The highest BCUT2D eigenvalue weighted by atomic mass is 15.3. The number of aryl methyl sites for hydroxylation is 1. The first-order chi connectivity index (χ1) is 40.0. The zero-order valence-corrected chi connectivity index (χ0v) is 56.8. The molecule has 86 heavy (non-hydrogen) atoms. The van der Waals surface area contributed by atoms with Gasteiger partial charge in [0.2, 0.25) is 0 Å². The lowest BCUT2D eigenvalue weighted by Crippen LogP contribution is -2.62. The number of anilines is 8. The summed E-state index contributed by atoms with van der Waals surface area (Å²) in [6.07, 6.45) is 10.6. The summed E-state index contributed by atoms with van der Waals surface area (Å²) in [4.78, 5) is 8.57. The first-order valence-corrected chi connectivity index (χ1v) is 33.5. The molecule has 0 N–H and O–H groups in total. The van der Waals surface area contributed by atoms with Gasteiger partial charge in [-0.1, -0.05) is 211 Å². The van der Waals surface area contributed by atoms with Crippen molar-refractivity contribution in [2.24, 2.45) is 0 Å². The van der Waals surface area contributed by atoms with Crippen LogP contribution in [0.2, 0.25) is 0 Å². The lowest BCUT2D eigenvalue weighted by molar-refractivity contribution is 0.195. The van der Waals surface area contributed by atoms with Crippen LogP contribution in [0, 0.1) is 6.92 Å². The van der Waals surface area contributed by atoms with E-state index in [9.17, 15) is 0 Å². The maximum absolute atomic E-state index is 2.90. The SMILES string of the molecule is Cc1cc2c(cc1N1c3cc4c(cc3B3c5cc6c(cc5N(c5ccc(C(C)(C)C)cc5-c5ccccc5)c5cc(N7c8ccc(C(C)(C)C)cc8C8(C)CCCCC78C)cc1c53)C(C)(C)CC6(C)C)C(C)(C)CCC4(C)C)C(C)(C)CCC2(C)C. The molecule has 0 spiro atoms. The molecule has 2 unspecified atom stereocenters. The van der Waals surface area contributed by atoms with Crippen molar-refractivity contribution in [2.45, 2.75) is 257 Å². The molecule has 2 atom stereocenters. The second-order valence-electron chi connectivity index (χ2n) is 35.1. The van der Waals surface area contributed by atoms with Crippen LogP contribution in [0.3, 0.4) is 0 Å². The van der Waals surface area contributed by atoms with Gasteiger partial charge in [-0.3, -0.25) is 0 Å². The van der Waals surface area contributed by atoms with Crippen molar-refractivity contribution >= 4 is 68.6 Å². The Bertz CT molecular complexity index is 4020. The number of benzene rings is 7. The highest BCUT2D eigenvalue weighted by Crippen LogP contribution is 2.64. The molecule has 446 valence electrons. The first-order valence-electron chi connectivity index (χ1n) is 33.5. The molecule has 7 aliphatic rings. The molecule has 1 fully saturated rings. The van der Waals surface area contributed by atoms with Gasteiger partial charge in [0, 0.05) is 50.8 Å². The molecule has 3 aliphatic heterocycles. The molecule has 0 amide bonds. The van der Waals surface area contributed by atoms with Crippen LogP contribution < -0.4 is 31.1 Å². The third-order valence-corrected chi connectivity index (χ3v) is 24.3. The second-order valence-corrected chi connectivity index (χ2v) is 35.1. The molecule has 3 heterocycles. The molecule has 14 rings (SSSR count). The van der Waals surface area contributed by atoms with E-state index in [0.29, 0.717) is 0 Å². The van der Waals surface area contributed by atoms with Crippen molar-refractivity contribution in [3.63, 3.8) is 0 Å². The van der Waals surface area contributed by atoms with Crippen molar-refractivity contribution in [1.29, 1.82) is 0 Å². The van der Waals surface area contributed by atoms with Crippen molar-refractivity contribution < 1.29 is 0 Å². The van der Waals surface area contributed by atoms with Gasteiger partial charge in [0.05, 0.1) is 11.2 Å². The summed E-state index contributed by atoms with van der Waals surface area (Å²) in [5.74, 6) is 0. The van der Waals surface area contributed by atoms with Crippen LogP contribution in [-0.2, 0) is 48.7 Å². The topological polar surface area (TPSA) is 9.72 Å². The largest absolute Gasteiger partial charge is 0.334 e. The summed E-state index contributed by atoms with van der Waals surface area (Å²) in [5, 5.41) is 0. The highest BCUT2D eigenvalue weighted by molar-refractivity contribution is 7.00. The molecule has 1 saturated carbocycles. The Morgan fingerprint density at radius 1 is 0.384 bits per heavy atom. The van der Waals surface area contributed by atoms with E-state index in [1.54, 1.807) is 0 Å².